The zero-order valence-electron chi connectivity index (χ0n) is 11.2. The van der Waals surface area contributed by atoms with Crippen LogP contribution in [0, 0.1) is 14.9 Å². The average Bonchev–Trinajstić information content (AvgIpc) is 2.76. The zero-order valence-corrected chi connectivity index (χ0v) is 13.4. The van der Waals surface area contributed by atoms with E-state index in [-0.39, 0.29) is 0 Å². The molecule has 0 unspecified atom stereocenters. The van der Waals surface area contributed by atoms with Crippen molar-refractivity contribution in [2.45, 2.75) is 46.0 Å². The molecule has 1 aromatic heterocycles. The summed E-state index contributed by atoms with van der Waals surface area (Å²) < 4.78 is 1.08. The van der Waals surface area contributed by atoms with Gasteiger partial charge in [0, 0.05) is 22.5 Å². The molecule has 1 aliphatic rings. The molecule has 0 atom stereocenters. The predicted octanol–water partition coefficient (Wildman–Crippen LogP) is 4.10. The zero-order chi connectivity index (χ0) is 13.0. The normalized spacial score (nSPS) is 18.2. The third kappa shape index (κ3) is 3.80. The summed E-state index contributed by atoms with van der Waals surface area (Å²) in [4.78, 5) is 8.64. The Hall–Kier alpha value is -0.390. The Labute approximate surface area is 123 Å². The van der Waals surface area contributed by atoms with E-state index < -0.39 is 0 Å². The highest BCUT2D eigenvalue weighted by atomic mass is 127. The molecule has 1 fully saturated rings. The highest BCUT2D eigenvalue weighted by Crippen LogP contribution is 2.43. The molecule has 1 N–H and O–H groups in total. The third-order valence-electron chi connectivity index (χ3n) is 3.75. The minimum atomic E-state index is 0.473. The molecular formula is C14H22IN3. The maximum atomic E-state index is 4.32. The van der Waals surface area contributed by atoms with Gasteiger partial charge in [0.15, 0.2) is 0 Å². The van der Waals surface area contributed by atoms with Gasteiger partial charge < -0.3 is 5.32 Å². The molecule has 0 aromatic carbocycles. The van der Waals surface area contributed by atoms with Crippen molar-refractivity contribution in [3.8, 4) is 0 Å². The smallest absolute Gasteiger partial charge is 0.222 e. The van der Waals surface area contributed by atoms with Gasteiger partial charge >= 0.3 is 0 Å². The summed E-state index contributed by atoms with van der Waals surface area (Å²) >= 11 is 2.23. The molecule has 0 aliphatic heterocycles. The van der Waals surface area contributed by atoms with Gasteiger partial charge in [-0.2, -0.15) is 0 Å². The second-order valence-electron chi connectivity index (χ2n) is 5.88. The van der Waals surface area contributed by atoms with Crippen molar-refractivity contribution in [1.82, 2.24) is 9.97 Å². The van der Waals surface area contributed by atoms with E-state index in [2.05, 4.69) is 51.7 Å². The highest BCUT2D eigenvalue weighted by molar-refractivity contribution is 14.1. The Balaban J connectivity index is 1.95. The summed E-state index contributed by atoms with van der Waals surface area (Å²) in [5.74, 6) is 1.54. The van der Waals surface area contributed by atoms with Crippen molar-refractivity contribution >= 4 is 28.5 Å². The first kappa shape index (κ1) is 14.0. The minimum absolute atomic E-state index is 0.473. The Bertz CT molecular complexity index is 369. The van der Waals surface area contributed by atoms with E-state index in [4.69, 9.17) is 0 Å². The van der Waals surface area contributed by atoms with E-state index >= 15 is 0 Å². The standard InChI is InChI=1S/C14H22IN3/c1-11(2)7-14(5-3-4-6-14)10-18-13-16-8-12(15)9-17-13/h8-9,11H,3-7,10H2,1-2H3,(H,16,17,18). The summed E-state index contributed by atoms with van der Waals surface area (Å²) in [6.07, 6.45) is 10.5. The quantitative estimate of drug-likeness (QED) is 0.805. The molecule has 0 saturated heterocycles. The summed E-state index contributed by atoms with van der Waals surface area (Å²) in [7, 11) is 0. The molecule has 2 rings (SSSR count). The van der Waals surface area contributed by atoms with E-state index in [1.54, 1.807) is 0 Å². The van der Waals surface area contributed by atoms with E-state index in [9.17, 15) is 0 Å². The molecule has 0 amide bonds. The number of halogens is 1. The first-order chi connectivity index (χ1) is 8.60. The molecule has 1 saturated carbocycles. The van der Waals surface area contributed by atoms with Crippen molar-refractivity contribution in [3.63, 3.8) is 0 Å². The Kier molecular flexibility index (Phi) is 4.81. The van der Waals surface area contributed by atoms with E-state index in [0.717, 1.165) is 22.0 Å². The lowest BCUT2D eigenvalue weighted by atomic mass is 9.78. The van der Waals surface area contributed by atoms with Crippen molar-refractivity contribution in [3.05, 3.63) is 16.0 Å². The van der Waals surface area contributed by atoms with Gasteiger partial charge in [0.2, 0.25) is 5.95 Å². The first-order valence-corrected chi connectivity index (χ1v) is 7.89. The summed E-state index contributed by atoms with van der Waals surface area (Å²) in [6.45, 7) is 5.66. The van der Waals surface area contributed by atoms with Gasteiger partial charge in [0.1, 0.15) is 0 Å². The summed E-state index contributed by atoms with van der Waals surface area (Å²) in [5.41, 5.74) is 0.473. The fourth-order valence-corrected chi connectivity index (χ4v) is 3.39. The van der Waals surface area contributed by atoms with Gasteiger partial charge in [-0.25, -0.2) is 9.97 Å². The number of hydrogen-bond acceptors (Lipinski definition) is 3. The van der Waals surface area contributed by atoms with Crippen LogP contribution in [0.1, 0.15) is 46.0 Å². The molecule has 0 bridgehead atoms. The van der Waals surface area contributed by atoms with Crippen molar-refractivity contribution < 1.29 is 0 Å². The number of nitrogens with one attached hydrogen (secondary N) is 1. The first-order valence-electron chi connectivity index (χ1n) is 6.81. The lowest BCUT2D eigenvalue weighted by Crippen LogP contribution is -2.29. The lowest BCUT2D eigenvalue weighted by Gasteiger charge is -2.31. The van der Waals surface area contributed by atoms with Crippen LogP contribution in [0.2, 0.25) is 0 Å². The molecule has 100 valence electrons. The number of anilines is 1. The maximum Gasteiger partial charge on any atom is 0.222 e. The Morgan fingerprint density at radius 2 is 1.89 bits per heavy atom. The van der Waals surface area contributed by atoms with Crippen molar-refractivity contribution in [2.75, 3.05) is 11.9 Å². The van der Waals surface area contributed by atoms with Crippen molar-refractivity contribution in [1.29, 1.82) is 0 Å². The summed E-state index contributed by atoms with van der Waals surface area (Å²) in [6, 6.07) is 0. The fraction of sp³-hybridized carbons (Fsp3) is 0.714. The van der Waals surface area contributed by atoms with Crippen LogP contribution < -0.4 is 5.32 Å². The fourth-order valence-electron chi connectivity index (χ4n) is 3.11. The van der Waals surface area contributed by atoms with Crippen LogP contribution in [0.15, 0.2) is 12.4 Å². The predicted molar refractivity (Wildman–Crippen MR) is 83.6 cm³/mol. The molecule has 3 nitrogen and oxygen atoms in total. The Morgan fingerprint density at radius 1 is 1.28 bits per heavy atom. The third-order valence-corrected chi connectivity index (χ3v) is 4.30. The van der Waals surface area contributed by atoms with Crippen molar-refractivity contribution in [2.24, 2.45) is 11.3 Å². The van der Waals surface area contributed by atoms with Gasteiger partial charge in [0.25, 0.3) is 0 Å². The second-order valence-corrected chi connectivity index (χ2v) is 7.13. The van der Waals surface area contributed by atoms with Gasteiger partial charge in [0.05, 0.1) is 0 Å². The van der Waals surface area contributed by atoms with Crippen LogP contribution >= 0.6 is 22.6 Å². The SMILES string of the molecule is CC(C)CC1(CNc2ncc(I)cn2)CCCC1. The van der Waals surface area contributed by atoms with Crippen LogP contribution in [0.4, 0.5) is 5.95 Å². The monoisotopic (exact) mass is 359 g/mol. The van der Waals surface area contributed by atoms with Gasteiger partial charge in [-0.05, 0) is 53.2 Å². The van der Waals surface area contributed by atoms with Gasteiger partial charge in [-0.15, -0.1) is 0 Å². The minimum Gasteiger partial charge on any atom is -0.354 e. The van der Waals surface area contributed by atoms with E-state index in [0.29, 0.717) is 5.41 Å². The number of aromatic nitrogens is 2. The molecule has 1 aliphatic carbocycles. The molecule has 4 heteroatoms. The summed E-state index contributed by atoms with van der Waals surface area (Å²) in [5, 5.41) is 3.43. The molecule has 0 radical (unpaired) electrons. The highest BCUT2D eigenvalue weighted by Gasteiger charge is 2.34. The topological polar surface area (TPSA) is 37.8 Å². The molecule has 1 aromatic rings. The van der Waals surface area contributed by atoms with Crippen LogP contribution in [-0.4, -0.2) is 16.5 Å². The van der Waals surface area contributed by atoms with Crippen LogP contribution in [0.25, 0.3) is 0 Å². The Morgan fingerprint density at radius 3 is 2.44 bits per heavy atom. The van der Waals surface area contributed by atoms with E-state index in [1.807, 2.05) is 12.4 Å². The largest absolute Gasteiger partial charge is 0.354 e. The molecule has 0 spiro atoms. The molecule has 1 heterocycles. The average molecular weight is 359 g/mol. The van der Waals surface area contributed by atoms with Crippen LogP contribution in [0.5, 0.6) is 0 Å². The van der Waals surface area contributed by atoms with E-state index in [1.165, 1.54) is 32.1 Å². The van der Waals surface area contributed by atoms with Gasteiger partial charge in [-0.1, -0.05) is 26.7 Å². The lowest BCUT2D eigenvalue weighted by molar-refractivity contribution is 0.252. The number of hydrogen-bond donors (Lipinski definition) is 1. The maximum absolute atomic E-state index is 4.32. The van der Waals surface area contributed by atoms with Gasteiger partial charge in [-0.3, -0.25) is 0 Å². The second kappa shape index (κ2) is 6.17. The van der Waals surface area contributed by atoms with Crippen LogP contribution in [-0.2, 0) is 0 Å². The number of nitrogens with zero attached hydrogens (tertiary/aromatic N) is 2. The molecular weight excluding hydrogens is 337 g/mol. The number of rotatable bonds is 5. The van der Waals surface area contributed by atoms with Crippen LogP contribution in [0.3, 0.4) is 0 Å². The molecule has 18 heavy (non-hydrogen) atoms.